The molecule has 0 bridgehead atoms. The highest BCUT2D eigenvalue weighted by Gasteiger charge is 2.37. The van der Waals surface area contributed by atoms with Crippen LogP contribution in [0.15, 0.2) is 31.0 Å². The van der Waals surface area contributed by atoms with Gasteiger partial charge in [0.2, 0.25) is 0 Å². The zero-order chi connectivity index (χ0) is 17.9. The number of carbonyl (C=O) groups excluding carboxylic acids is 1. The van der Waals surface area contributed by atoms with E-state index in [1.54, 1.807) is 0 Å². The minimum absolute atomic E-state index is 0.151. The summed E-state index contributed by atoms with van der Waals surface area (Å²) in [5, 5.41) is 13.5. The lowest BCUT2D eigenvalue weighted by atomic mass is 10.0. The van der Waals surface area contributed by atoms with Crippen LogP contribution < -0.4 is 15.1 Å². The Morgan fingerprint density at radius 1 is 1.36 bits per heavy atom. The van der Waals surface area contributed by atoms with Gasteiger partial charge in [0.15, 0.2) is 0 Å². The van der Waals surface area contributed by atoms with Crippen molar-refractivity contribution >= 4 is 17.5 Å². The molecule has 1 unspecified atom stereocenters. The quantitative estimate of drug-likeness (QED) is 0.762. The van der Waals surface area contributed by atoms with E-state index in [-0.39, 0.29) is 18.1 Å². The molecule has 1 atom stereocenters. The van der Waals surface area contributed by atoms with E-state index in [1.807, 2.05) is 30.0 Å². The molecule has 2 aromatic rings. The number of hydrogen-bond donors (Lipinski definition) is 2. The van der Waals surface area contributed by atoms with Gasteiger partial charge in [-0.1, -0.05) is 0 Å². The molecule has 0 saturated carbocycles. The Morgan fingerprint density at radius 3 is 2.92 bits per heavy atom. The topological polar surface area (TPSA) is 107 Å². The fraction of sp³-hybridized carbons (Fsp3) is 0.438. The maximum absolute atomic E-state index is 12.1. The van der Waals surface area contributed by atoms with Crippen molar-refractivity contribution in [3.05, 3.63) is 36.7 Å². The Labute approximate surface area is 145 Å². The first kappa shape index (κ1) is 17.0. The highest BCUT2D eigenvalue weighted by Crippen LogP contribution is 2.26. The minimum Gasteiger partial charge on any atom is -0.386 e. The molecule has 2 N–H and O–H groups in total. The summed E-state index contributed by atoms with van der Waals surface area (Å²) < 4.78 is 0. The van der Waals surface area contributed by atoms with Gasteiger partial charge in [0.05, 0.1) is 0 Å². The lowest BCUT2D eigenvalue weighted by molar-refractivity contribution is 0.0574. The van der Waals surface area contributed by atoms with Crippen molar-refractivity contribution in [1.29, 1.82) is 0 Å². The number of carbonyl (C=O) groups is 1. The number of nitrogens with zero attached hydrogens (tertiary/aromatic N) is 6. The van der Waals surface area contributed by atoms with E-state index in [9.17, 15) is 9.90 Å². The van der Waals surface area contributed by atoms with Crippen LogP contribution in [0.3, 0.4) is 0 Å². The van der Waals surface area contributed by atoms with Crippen molar-refractivity contribution in [2.75, 3.05) is 43.5 Å². The molecule has 2 aromatic heterocycles. The lowest BCUT2D eigenvalue weighted by Crippen LogP contribution is -2.45. The third kappa shape index (κ3) is 4.00. The molecule has 0 radical (unpaired) electrons. The highest BCUT2D eigenvalue weighted by molar-refractivity contribution is 5.92. The van der Waals surface area contributed by atoms with E-state index in [4.69, 9.17) is 0 Å². The SMILES string of the molecule is CN(C)c1cc(N2CCC(O)(CNC(=O)c3ccncn3)C2)ncn1. The third-order valence-electron chi connectivity index (χ3n) is 4.15. The van der Waals surface area contributed by atoms with Crippen molar-refractivity contribution in [3.8, 4) is 0 Å². The number of hydrogen-bond acceptors (Lipinski definition) is 8. The summed E-state index contributed by atoms with van der Waals surface area (Å²) >= 11 is 0. The molecule has 9 heteroatoms. The average Bonchev–Trinajstić information content (AvgIpc) is 3.03. The summed E-state index contributed by atoms with van der Waals surface area (Å²) in [5.74, 6) is 1.24. The lowest BCUT2D eigenvalue weighted by Gasteiger charge is -2.24. The molecule has 132 valence electrons. The first-order chi connectivity index (χ1) is 12.0. The van der Waals surface area contributed by atoms with Gasteiger partial charge in [0.25, 0.3) is 5.91 Å². The van der Waals surface area contributed by atoms with Crippen LogP contribution in [0.25, 0.3) is 0 Å². The molecule has 3 rings (SSSR count). The highest BCUT2D eigenvalue weighted by atomic mass is 16.3. The molecule has 3 heterocycles. The molecule has 25 heavy (non-hydrogen) atoms. The fourth-order valence-corrected chi connectivity index (χ4v) is 2.71. The van der Waals surface area contributed by atoms with E-state index >= 15 is 0 Å². The Kier molecular flexibility index (Phi) is 4.75. The smallest absolute Gasteiger partial charge is 0.270 e. The summed E-state index contributed by atoms with van der Waals surface area (Å²) in [6.07, 6.45) is 4.88. The van der Waals surface area contributed by atoms with Crippen LogP contribution in [-0.4, -0.2) is 70.3 Å². The second-order valence-corrected chi connectivity index (χ2v) is 6.30. The number of aromatic nitrogens is 4. The molecule has 1 aliphatic heterocycles. The van der Waals surface area contributed by atoms with Crippen molar-refractivity contribution in [3.63, 3.8) is 0 Å². The Balaban J connectivity index is 1.61. The fourth-order valence-electron chi connectivity index (χ4n) is 2.71. The number of rotatable bonds is 5. The van der Waals surface area contributed by atoms with E-state index in [2.05, 4.69) is 25.3 Å². The number of β-amino-alcohol motifs (C(OH)–C–C–N with tert-alkyl or cyclic N) is 1. The van der Waals surface area contributed by atoms with Gasteiger partial charge in [-0.05, 0) is 12.5 Å². The number of nitrogens with one attached hydrogen (secondary N) is 1. The van der Waals surface area contributed by atoms with Crippen molar-refractivity contribution in [2.45, 2.75) is 12.0 Å². The summed E-state index contributed by atoms with van der Waals surface area (Å²) in [7, 11) is 3.82. The second-order valence-electron chi connectivity index (χ2n) is 6.30. The molecule has 0 spiro atoms. The standard InChI is InChI=1S/C16H21N7O2/c1-22(2)13-7-14(21-11-20-13)23-6-4-16(25,9-23)8-18-15(24)12-3-5-17-10-19-12/h3,5,7,10-11,25H,4,6,8-9H2,1-2H3,(H,18,24). The first-order valence-electron chi connectivity index (χ1n) is 7.98. The number of amides is 1. The molecule has 1 fully saturated rings. The zero-order valence-corrected chi connectivity index (χ0v) is 14.3. The molecular formula is C16H21N7O2. The van der Waals surface area contributed by atoms with Crippen LogP contribution in [0.5, 0.6) is 0 Å². The third-order valence-corrected chi connectivity index (χ3v) is 4.15. The van der Waals surface area contributed by atoms with Crippen LogP contribution in [0, 0.1) is 0 Å². The predicted molar refractivity (Wildman–Crippen MR) is 92.5 cm³/mol. The van der Waals surface area contributed by atoms with Gasteiger partial charge in [0.1, 0.15) is 35.6 Å². The summed E-state index contributed by atoms with van der Waals surface area (Å²) in [6.45, 7) is 1.20. The van der Waals surface area contributed by atoms with Crippen molar-refractivity contribution in [2.24, 2.45) is 0 Å². The summed E-state index contributed by atoms with van der Waals surface area (Å²) in [5.41, 5.74) is -0.730. The first-order valence-corrected chi connectivity index (χ1v) is 7.98. The van der Waals surface area contributed by atoms with E-state index in [0.29, 0.717) is 19.5 Å². The monoisotopic (exact) mass is 343 g/mol. The molecular weight excluding hydrogens is 322 g/mol. The molecule has 0 aliphatic carbocycles. The van der Waals surface area contributed by atoms with E-state index < -0.39 is 5.60 Å². The predicted octanol–water partition coefficient (Wildman–Crippen LogP) is -0.296. The molecule has 9 nitrogen and oxygen atoms in total. The maximum atomic E-state index is 12.1. The van der Waals surface area contributed by atoms with Gasteiger partial charge < -0.3 is 20.2 Å². The van der Waals surface area contributed by atoms with E-state index in [0.717, 1.165) is 11.6 Å². The Hall–Kier alpha value is -2.81. The molecule has 1 saturated heterocycles. The largest absolute Gasteiger partial charge is 0.386 e. The summed E-state index contributed by atoms with van der Waals surface area (Å²) in [6, 6.07) is 3.41. The number of aliphatic hydroxyl groups is 1. The van der Waals surface area contributed by atoms with Crippen molar-refractivity contribution < 1.29 is 9.90 Å². The van der Waals surface area contributed by atoms with Gasteiger partial charge in [-0.2, -0.15) is 0 Å². The zero-order valence-electron chi connectivity index (χ0n) is 14.3. The van der Waals surface area contributed by atoms with Crippen LogP contribution >= 0.6 is 0 Å². The normalized spacial score (nSPS) is 19.7. The van der Waals surface area contributed by atoms with Crippen molar-refractivity contribution in [1.82, 2.24) is 25.3 Å². The van der Waals surface area contributed by atoms with E-state index in [1.165, 1.54) is 24.9 Å². The second kappa shape index (κ2) is 6.98. The molecule has 0 aromatic carbocycles. The maximum Gasteiger partial charge on any atom is 0.270 e. The Bertz CT molecular complexity index is 740. The van der Waals surface area contributed by atoms with Gasteiger partial charge in [0, 0.05) is 46.0 Å². The van der Waals surface area contributed by atoms with Crippen LogP contribution in [0.4, 0.5) is 11.6 Å². The minimum atomic E-state index is -1.01. The number of anilines is 2. The molecule has 1 amide bonds. The van der Waals surface area contributed by atoms with Gasteiger partial charge in [-0.15, -0.1) is 0 Å². The van der Waals surface area contributed by atoms with Crippen LogP contribution in [0.1, 0.15) is 16.9 Å². The van der Waals surface area contributed by atoms with Gasteiger partial charge in [-0.3, -0.25) is 4.79 Å². The average molecular weight is 343 g/mol. The Morgan fingerprint density at radius 2 is 2.20 bits per heavy atom. The van der Waals surface area contributed by atoms with Crippen LogP contribution in [-0.2, 0) is 0 Å². The summed E-state index contributed by atoms with van der Waals surface area (Å²) in [4.78, 5) is 32.1. The van der Waals surface area contributed by atoms with Gasteiger partial charge in [-0.25, -0.2) is 19.9 Å². The van der Waals surface area contributed by atoms with Crippen LogP contribution in [0.2, 0.25) is 0 Å². The van der Waals surface area contributed by atoms with Gasteiger partial charge >= 0.3 is 0 Å². The molecule has 1 aliphatic rings.